The Kier molecular flexibility index (Phi) is 3.17. The summed E-state index contributed by atoms with van der Waals surface area (Å²) in [6.07, 6.45) is 1.64. The SMILES string of the molecule is CCCCC(=O)C1C(C#N)(C#N)C1(C#N)C#N. The first-order chi connectivity index (χ1) is 8.10. The van der Waals surface area contributed by atoms with Gasteiger partial charge in [-0.3, -0.25) is 4.79 Å². The molecule has 0 unspecified atom stereocenters. The minimum Gasteiger partial charge on any atom is -0.299 e. The van der Waals surface area contributed by atoms with Gasteiger partial charge >= 0.3 is 0 Å². The molecule has 0 atom stereocenters. The lowest BCUT2D eigenvalue weighted by atomic mass is 9.98. The van der Waals surface area contributed by atoms with Crippen LogP contribution in [-0.4, -0.2) is 5.78 Å². The lowest BCUT2D eigenvalue weighted by Crippen LogP contribution is -2.07. The Morgan fingerprint density at radius 2 is 1.47 bits per heavy atom. The number of nitriles is 4. The molecule has 0 radical (unpaired) electrons. The number of hydrogen-bond acceptors (Lipinski definition) is 5. The largest absolute Gasteiger partial charge is 0.299 e. The van der Waals surface area contributed by atoms with E-state index in [1.807, 2.05) is 6.92 Å². The molecule has 0 heterocycles. The fourth-order valence-corrected chi connectivity index (χ4v) is 2.11. The summed E-state index contributed by atoms with van der Waals surface area (Å²) in [5.74, 6) is -1.41. The van der Waals surface area contributed by atoms with E-state index < -0.39 is 16.7 Å². The van der Waals surface area contributed by atoms with Gasteiger partial charge in [0.25, 0.3) is 0 Å². The molecule has 5 heteroatoms. The molecule has 0 aromatic carbocycles. The van der Waals surface area contributed by atoms with Crippen molar-refractivity contribution in [2.24, 2.45) is 16.7 Å². The normalized spacial score (nSPS) is 19.1. The second-order valence-corrected chi connectivity index (χ2v) is 4.07. The molecule has 0 bridgehead atoms. The lowest BCUT2D eigenvalue weighted by Gasteiger charge is -1.96. The van der Waals surface area contributed by atoms with Gasteiger partial charge in [-0.15, -0.1) is 0 Å². The van der Waals surface area contributed by atoms with Gasteiger partial charge in [0.1, 0.15) is 5.78 Å². The van der Waals surface area contributed by atoms with E-state index >= 15 is 0 Å². The highest BCUT2D eigenvalue weighted by atomic mass is 16.1. The second-order valence-electron chi connectivity index (χ2n) is 4.07. The Balaban J connectivity index is 3.09. The van der Waals surface area contributed by atoms with E-state index in [0.29, 0.717) is 6.42 Å². The van der Waals surface area contributed by atoms with E-state index in [1.54, 1.807) is 24.3 Å². The summed E-state index contributed by atoms with van der Waals surface area (Å²) in [5, 5.41) is 35.9. The molecule has 0 spiro atoms. The molecule has 0 aromatic heterocycles. The van der Waals surface area contributed by atoms with Crippen molar-refractivity contribution in [3.63, 3.8) is 0 Å². The summed E-state index contributed by atoms with van der Waals surface area (Å²) in [6, 6.07) is 6.70. The Labute approximate surface area is 99.5 Å². The topological polar surface area (TPSA) is 112 Å². The number of nitrogens with zero attached hydrogens (tertiary/aromatic N) is 4. The van der Waals surface area contributed by atoms with Crippen LogP contribution in [0.3, 0.4) is 0 Å². The maximum atomic E-state index is 11.8. The molecule has 1 aliphatic carbocycles. The Bertz CT molecular complexity index is 443. The molecule has 1 aliphatic rings. The molecule has 17 heavy (non-hydrogen) atoms. The van der Waals surface area contributed by atoms with Crippen LogP contribution in [0.4, 0.5) is 0 Å². The zero-order valence-electron chi connectivity index (χ0n) is 9.40. The van der Waals surface area contributed by atoms with Crippen LogP contribution in [0.5, 0.6) is 0 Å². The fourth-order valence-electron chi connectivity index (χ4n) is 2.11. The van der Waals surface area contributed by atoms with Crippen LogP contribution in [-0.2, 0) is 4.79 Å². The van der Waals surface area contributed by atoms with Crippen LogP contribution >= 0.6 is 0 Å². The van der Waals surface area contributed by atoms with Crippen molar-refractivity contribution in [3.05, 3.63) is 0 Å². The molecular weight excluding hydrogens is 216 g/mol. The van der Waals surface area contributed by atoms with Crippen molar-refractivity contribution in [1.82, 2.24) is 0 Å². The molecule has 1 fully saturated rings. The molecule has 0 aliphatic heterocycles. The second kappa shape index (κ2) is 4.25. The lowest BCUT2D eigenvalue weighted by molar-refractivity contribution is -0.121. The third kappa shape index (κ3) is 1.37. The molecule has 0 saturated heterocycles. The van der Waals surface area contributed by atoms with E-state index in [9.17, 15) is 4.79 Å². The fraction of sp³-hybridized carbons (Fsp3) is 0.583. The van der Waals surface area contributed by atoms with Gasteiger partial charge in [-0.2, -0.15) is 21.0 Å². The average Bonchev–Trinajstić information content (AvgIpc) is 2.99. The van der Waals surface area contributed by atoms with E-state index in [0.717, 1.165) is 6.42 Å². The summed E-state index contributed by atoms with van der Waals surface area (Å²) in [6.45, 7) is 1.91. The first-order valence-corrected chi connectivity index (χ1v) is 5.28. The first kappa shape index (κ1) is 12.7. The van der Waals surface area contributed by atoms with Crippen molar-refractivity contribution in [2.45, 2.75) is 26.2 Å². The van der Waals surface area contributed by atoms with Crippen LogP contribution in [0.2, 0.25) is 0 Å². The number of hydrogen-bond donors (Lipinski definition) is 0. The number of rotatable bonds is 4. The molecule has 0 amide bonds. The van der Waals surface area contributed by atoms with E-state index in [-0.39, 0.29) is 12.2 Å². The Hall–Kier alpha value is -2.37. The predicted molar refractivity (Wildman–Crippen MR) is 55.3 cm³/mol. The van der Waals surface area contributed by atoms with Crippen molar-refractivity contribution in [1.29, 1.82) is 21.0 Å². The molecule has 0 aromatic rings. The standard InChI is InChI=1S/C12H10N4O/c1-2-3-4-9(17)10-11(5-13,6-14)12(10,7-15)8-16/h10H,2-4H2,1H3. The number of ketones is 1. The van der Waals surface area contributed by atoms with Gasteiger partial charge in [0.05, 0.1) is 30.2 Å². The van der Waals surface area contributed by atoms with Gasteiger partial charge < -0.3 is 0 Å². The quantitative estimate of drug-likeness (QED) is 0.719. The summed E-state index contributed by atoms with van der Waals surface area (Å²) in [7, 11) is 0. The zero-order valence-corrected chi connectivity index (χ0v) is 9.40. The predicted octanol–water partition coefficient (Wildman–Crippen LogP) is 1.44. The van der Waals surface area contributed by atoms with Gasteiger partial charge in [-0.1, -0.05) is 13.3 Å². The molecule has 5 nitrogen and oxygen atoms in total. The molecule has 0 N–H and O–H groups in total. The van der Waals surface area contributed by atoms with Gasteiger partial charge in [0.2, 0.25) is 0 Å². The number of unbranched alkanes of at least 4 members (excludes halogenated alkanes) is 1. The van der Waals surface area contributed by atoms with Crippen LogP contribution in [0.15, 0.2) is 0 Å². The monoisotopic (exact) mass is 226 g/mol. The van der Waals surface area contributed by atoms with Gasteiger partial charge in [0.15, 0.2) is 10.8 Å². The molecule has 1 rings (SSSR count). The summed E-state index contributed by atoms with van der Waals surface area (Å²) in [4.78, 5) is 11.8. The zero-order chi connectivity index (χ0) is 13.1. The molecular formula is C12H10N4O. The summed E-state index contributed by atoms with van der Waals surface area (Å²) >= 11 is 0. The van der Waals surface area contributed by atoms with Crippen LogP contribution in [0.1, 0.15) is 26.2 Å². The average molecular weight is 226 g/mol. The number of Topliss-reactive ketones (excluding diaryl/α,β-unsaturated/α-hetero) is 1. The maximum absolute atomic E-state index is 11.8. The van der Waals surface area contributed by atoms with Crippen LogP contribution in [0.25, 0.3) is 0 Å². The van der Waals surface area contributed by atoms with Gasteiger partial charge in [-0.05, 0) is 6.42 Å². The van der Waals surface area contributed by atoms with Crippen LogP contribution in [0, 0.1) is 62.1 Å². The van der Waals surface area contributed by atoms with E-state index in [1.165, 1.54) is 0 Å². The first-order valence-electron chi connectivity index (χ1n) is 5.28. The van der Waals surface area contributed by atoms with Crippen LogP contribution < -0.4 is 0 Å². The third-order valence-corrected chi connectivity index (χ3v) is 3.21. The number of carbonyl (C=O) groups is 1. The highest BCUT2D eigenvalue weighted by Gasteiger charge is 2.83. The maximum Gasteiger partial charge on any atom is 0.188 e. The third-order valence-electron chi connectivity index (χ3n) is 3.21. The van der Waals surface area contributed by atoms with Gasteiger partial charge in [0, 0.05) is 6.42 Å². The van der Waals surface area contributed by atoms with E-state index in [4.69, 9.17) is 21.0 Å². The highest BCUT2D eigenvalue weighted by molar-refractivity contribution is 5.90. The summed E-state index contributed by atoms with van der Waals surface area (Å²) in [5.41, 5.74) is -3.55. The number of carbonyl (C=O) groups excluding carboxylic acids is 1. The summed E-state index contributed by atoms with van der Waals surface area (Å²) < 4.78 is 0. The minimum absolute atomic E-state index is 0.206. The van der Waals surface area contributed by atoms with Crippen molar-refractivity contribution in [3.8, 4) is 24.3 Å². The molecule has 84 valence electrons. The Morgan fingerprint density at radius 1 is 1.06 bits per heavy atom. The Morgan fingerprint density at radius 3 is 1.76 bits per heavy atom. The van der Waals surface area contributed by atoms with Gasteiger partial charge in [-0.25, -0.2) is 0 Å². The van der Waals surface area contributed by atoms with E-state index in [2.05, 4.69) is 0 Å². The highest BCUT2D eigenvalue weighted by Crippen LogP contribution is 2.68. The van der Waals surface area contributed by atoms with Crippen molar-refractivity contribution in [2.75, 3.05) is 0 Å². The minimum atomic E-state index is -1.78. The van der Waals surface area contributed by atoms with Crippen molar-refractivity contribution >= 4 is 5.78 Å². The van der Waals surface area contributed by atoms with Crippen molar-refractivity contribution < 1.29 is 4.79 Å². The smallest absolute Gasteiger partial charge is 0.188 e. The molecule has 1 saturated carbocycles.